The lowest BCUT2D eigenvalue weighted by molar-refractivity contribution is 0.0959. The van der Waals surface area contributed by atoms with Gasteiger partial charge in [-0.1, -0.05) is 12.8 Å². The fourth-order valence-electron chi connectivity index (χ4n) is 3.47. The van der Waals surface area contributed by atoms with E-state index in [0.717, 1.165) is 29.2 Å². The minimum Gasteiger partial charge on any atom is -0.368 e. The van der Waals surface area contributed by atoms with Gasteiger partial charge in [-0.2, -0.15) is 14.6 Å². The van der Waals surface area contributed by atoms with Gasteiger partial charge in [0.1, 0.15) is 12.1 Å². The van der Waals surface area contributed by atoms with Gasteiger partial charge in [-0.05, 0) is 44.2 Å². The molecule has 2 N–H and O–H groups in total. The molecule has 0 saturated heterocycles. The molecule has 0 aromatic carbocycles. The summed E-state index contributed by atoms with van der Waals surface area (Å²) in [7, 11) is 0. The molecule has 7 nitrogen and oxygen atoms in total. The van der Waals surface area contributed by atoms with E-state index in [0.29, 0.717) is 18.9 Å². The molecular formula is C19H24N6OS. The zero-order valence-corrected chi connectivity index (χ0v) is 16.3. The van der Waals surface area contributed by atoms with Crippen molar-refractivity contribution in [3.63, 3.8) is 0 Å². The maximum atomic E-state index is 12.5. The smallest absolute Gasteiger partial charge is 0.261 e. The fraction of sp³-hybridized carbons (Fsp3) is 0.474. The number of aryl methyl sites for hydroxylation is 3. The van der Waals surface area contributed by atoms with E-state index in [9.17, 15) is 4.79 Å². The minimum atomic E-state index is 0.0189. The molecule has 0 radical (unpaired) electrons. The highest BCUT2D eigenvalue weighted by atomic mass is 32.1. The van der Waals surface area contributed by atoms with E-state index in [1.165, 1.54) is 42.5 Å². The van der Waals surface area contributed by atoms with E-state index in [1.807, 2.05) is 13.0 Å². The number of hydrogen-bond donors (Lipinski definition) is 2. The van der Waals surface area contributed by atoms with Gasteiger partial charge in [-0.15, -0.1) is 11.3 Å². The van der Waals surface area contributed by atoms with Gasteiger partial charge in [0.15, 0.2) is 0 Å². The number of rotatable bonds is 5. The van der Waals surface area contributed by atoms with Crippen LogP contribution >= 0.6 is 11.3 Å². The molecule has 3 heterocycles. The maximum Gasteiger partial charge on any atom is 0.261 e. The highest BCUT2D eigenvalue weighted by molar-refractivity contribution is 7.14. The lowest BCUT2D eigenvalue weighted by Crippen LogP contribution is -2.28. The quantitative estimate of drug-likeness (QED) is 0.661. The number of nitrogens with zero attached hydrogens (tertiary/aromatic N) is 4. The molecule has 0 fully saturated rings. The number of carbonyl (C=O) groups excluding carboxylic acids is 1. The Balaban J connectivity index is 1.33. The minimum absolute atomic E-state index is 0.0189. The molecule has 0 bridgehead atoms. The number of nitrogens with one attached hydrogen (secondary N) is 2. The highest BCUT2D eigenvalue weighted by Crippen LogP contribution is 2.28. The summed E-state index contributed by atoms with van der Waals surface area (Å²) in [5, 5.41) is 10.5. The molecule has 0 aliphatic heterocycles. The summed E-state index contributed by atoms with van der Waals surface area (Å²) in [6.07, 6.45) is 8.78. The van der Waals surface area contributed by atoms with Crippen LogP contribution in [0.25, 0.3) is 5.78 Å². The average molecular weight is 385 g/mol. The van der Waals surface area contributed by atoms with Gasteiger partial charge < -0.3 is 10.6 Å². The summed E-state index contributed by atoms with van der Waals surface area (Å²) in [5.41, 5.74) is 2.25. The van der Waals surface area contributed by atoms with E-state index in [2.05, 4.69) is 31.8 Å². The Bertz CT molecular complexity index is 921. The Morgan fingerprint density at radius 1 is 1.19 bits per heavy atom. The van der Waals surface area contributed by atoms with Crippen molar-refractivity contribution in [2.24, 2.45) is 0 Å². The first-order valence-electron chi connectivity index (χ1n) is 9.52. The van der Waals surface area contributed by atoms with Crippen molar-refractivity contribution in [1.29, 1.82) is 0 Å². The molecule has 1 aliphatic rings. The number of thiophene rings is 1. The van der Waals surface area contributed by atoms with E-state index < -0.39 is 0 Å². The standard InChI is InChI=1S/C19H24N6OS/c1-13-10-17(25-19(24-13)22-12-23-25)20-8-9-21-18(26)16-11-14-6-4-2-3-5-7-15(14)27-16/h10-12,20H,2-9H2,1H3,(H,21,26). The zero-order valence-electron chi connectivity index (χ0n) is 15.5. The van der Waals surface area contributed by atoms with Crippen LogP contribution < -0.4 is 10.6 Å². The number of amides is 1. The average Bonchev–Trinajstić information content (AvgIpc) is 3.25. The largest absolute Gasteiger partial charge is 0.368 e. The summed E-state index contributed by atoms with van der Waals surface area (Å²) in [5.74, 6) is 1.41. The van der Waals surface area contributed by atoms with Crippen LogP contribution in [0.1, 0.15) is 51.5 Å². The molecule has 0 spiro atoms. The van der Waals surface area contributed by atoms with Crippen LogP contribution in [0.5, 0.6) is 0 Å². The second-order valence-corrected chi connectivity index (χ2v) is 8.05. The summed E-state index contributed by atoms with van der Waals surface area (Å²) < 4.78 is 1.66. The van der Waals surface area contributed by atoms with Gasteiger partial charge in [-0.25, -0.2) is 4.98 Å². The molecule has 3 aromatic heterocycles. The fourth-order valence-corrected chi connectivity index (χ4v) is 4.64. The van der Waals surface area contributed by atoms with Gasteiger partial charge in [0, 0.05) is 29.7 Å². The van der Waals surface area contributed by atoms with Gasteiger partial charge in [0.2, 0.25) is 0 Å². The monoisotopic (exact) mass is 384 g/mol. The van der Waals surface area contributed by atoms with Gasteiger partial charge in [-0.3, -0.25) is 4.79 Å². The Morgan fingerprint density at radius 3 is 2.93 bits per heavy atom. The van der Waals surface area contributed by atoms with Crippen molar-refractivity contribution >= 4 is 28.8 Å². The zero-order chi connectivity index (χ0) is 18.6. The number of hydrogen-bond acceptors (Lipinski definition) is 6. The van der Waals surface area contributed by atoms with E-state index in [1.54, 1.807) is 15.9 Å². The maximum absolute atomic E-state index is 12.5. The van der Waals surface area contributed by atoms with Crippen LogP contribution in [-0.2, 0) is 12.8 Å². The molecule has 0 unspecified atom stereocenters. The predicted molar refractivity (Wildman–Crippen MR) is 107 cm³/mol. The van der Waals surface area contributed by atoms with Crippen LogP contribution in [0.2, 0.25) is 0 Å². The third kappa shape index (κ3) is 4.10. The van der Waals surface area contributed by atoms with Crippen LogP contribution in [0.3, 0.4) is 0 Å². The van der Waals surface area contributed by atoms with Gasteiger partial charge in [0.25, 0.3) is 11.7 Å². The first kappa shape index (κ1) is 17.9. The Hall–Kier alpha value is -2.48. The summed E-state index contributed by atoms with van der Waals surface area (Å²) >= 11 is 1.66. The third-order valence-electron chi connectivity index (χ3n) is 4.82. The molecule has 8 heteroatoms. The summed E-state index contributed by atoms with van der Waals surface area (Å²) in [4.78, 5) is 23.2. The van der Waals surface area contributed by atoms with Gasteiger partial charge >= 0.3 is 0 Å². The number of aromatic nitrogens is 4. The van der Waals surface area contributed by atoms with Crippen molar-refractivity contribution in [1.82, 2.24) is 24.9 Å². The predicted octanol–water partition coefficient (Wildman–Crippen LogP) is 3.00. The van der Waals surface area contributed by atoms with E-state index >= 15 is 0 Å². The lowest BCUT2D eigenvalue weighted by atomic mass is 10.00. The van der Waals surface area contributed by atoms with Crippen molar-refractivity contribution in [3.8, 4) is 0 Å². The first-order valence-corrected chi connectivity index (χ1v) is 10.3. The second-order valence-electron chi connectivity index (χ2n) is 6.91. The third-order valence-corrected chi connectivity index (χ3v) is 6.05. The van der Waals surface area contributed by atoms with Gasteiger partial charge in [0.05, 0.1) is 4.88 Å². The van der Waals surface area contributed by atoms with Crippen LogP contribution in [0.15, 0.2) is 18.5 Å². The Labute approximate surface area is 162 Å². The van der Waals surface area contributed by atoms with E-state index in [-0.39, 0.29) is 5.91 Å². The molecule has 4 rings (SSSR count). The molecule has 0 saturated carbocycles. The second kappa shape index (κ2) is 8.04. The van der Waals surface area contributed by atoms with Crippen LogP contribution in [-0.4, -0.2) is 38.6 Å². The summed E-state index contributed by atoms with van der Waals surface area (Å²) in [6.45, 7) is 3.07. The molecule has 1 aliphatic carbocycles. The topological polar surface area (TPSA) is 84.2 Å². The molecule has 1 amide bonds. The van der Waals surface area contributed by atoms with Crippen LogP contribution in [0, 0.1) is 6.92 Å². The van der Waals surface area contributed by atoms with Crippen molar-refractivity contribution in [3.05, 3.63) is 39.5 Å². The number of fused-ring (bicyclic) bond motifs is 2. The number of anilines is 1. The Morgan fingerprint density at radius 2 is 2.04 bits per heavy atom. The van der Waals surface area contributed by atoms with E-state index in [4.69, 9.17) is 0 Å². The molecule has 142 valence electrons. The molecule has 0 atom stereocenters. The normalized spacial score (nSPS) is 14.4. The molecule has 3 aromatic rings. The molecular weight excluding hydrogens is 360 g/mol. The first-order chi connectivity index (χ1) is 13.2. The SMILES string of the molecule is Cc1cc(NCCNC(=O)c2cc3c(s2)CCCCCC3)n2ncnc2n1. The van der Waals surface area contributed by atoms with Crippen molar-refractivity contribution in [2.45, 2.75) is 45.4 Å². The number of carbonyl (C=O) groups is 1. The van der Waals surface area contributed by atoms with Crippen molar-refractivity contribution < 1.29 is 4.79 Å². The lowest BCUT2D eigenvalue weighted by Gasteiger charge is -2.09. The molecule has 27 heavy (non-hydrogen) atoms. The highest BCUT2D eigenvalue weighted by Gasteiger charge is 2.15. The Kier molecular flexibility index (Phi) is 5.33. The van der Waals surface area contributed by atoms with Crippen LogP contribution in [0.4, 0.5) is 5.82 Å². The van der Waals surface area contributed by atoms with Crippen molar-refractivity contribution in [2.75, 3.05) is 18.4 Å². The summed E-state index contributed by atoms with van der Waals surface area (Å²) in [6, 6.07) is 4.02.